The second-order valence-corrected chi connectivity index (χ2v) is 8.28. The summed E-state index contributed by atoms with van der Waals surface area (Å²) in [5.41, 5.74) is 4.03. The standard InChI is InChI=1S/C23H25ClN2O2/c1-15-6-11-19(14-20(15)24)25-22(27)17-7-9-18(10-8-17)23(28)26-13-12-16-4-2-3-5-21(16)26/h2-6,11,14,17-18H,7-10,12-13H2,1H3,(H,25,27). The van der Waals surface area contributed by atoms with Gasteiger partial charge in [-0.2, -0.15) is 0 Å². The molecule has 4 nitrogen and oxygen atoms in total. The van der Waals surface area contributed by atoms with Crippen molar-refractivity contribution in [1.29, 1.82) is 0 Å². The third-order valence-electron chi connectivity index (χ3n) is 6.04. The van der Waals surface area contributed by atoms with Gasteiger partial charge in [0, 0.05) is 34.8 Å². The molecule has 0 unspecified atom stereocenters. The monoisotopic (exact) mass is 396 g/mol. The molecule has 2 aliphatic rings. The Labute approximate surface area is 170 Å². The lowest BCUT2D eigenvalue weighted by Crippen LogP contribution is -2.38. The number of benzene rings is 2. The zero-order valence-corrected chi connectivity index (χ0v) is 16.8. The molecule has 1 heterocycles. The van der Waals surface area contributed by atoms with Gasteiger partial charge >= 0.3 is 0 Å². The maximum atomic E-state index is 13.0. The average molecular weight is 397 g/mol. The quantitative estimate of drug-likeness (QED) is 0.795. The minimum absolute atomic E-state index is 0.0176. The van der Waals surface area contributed by atoms with E-state index in [0.29, 0.717) is 5.02 Å². The molecule has 1 N–H and O–H groups in total. The summed E-state index contributed by atoms with van der Waals surface area (Å²) in [6.45, 7) is 2.71. The predicted octanol–water partition coefficient (Wildman–Crippen LogP) is 4.98. The Morgan fingerprint density at radius 1 is 1.04 bits per heavy atom. The molecule has 1 saturated carbocycles. The van der Waals surface area contributed by atoms with Crippen LogP contribution in [0.4, 0.5) is 11.4 Å². The first-order valence-electron chi connectivity index (χ1n) is 9.99. The highest BCUT2D eigenvalue weighted by atomic mass is 35.5. The van der Waals surface area contributed by atoms with E-state index in [0.717, 1.165) is 55.6 Å². The second kappa shape index (κ2) is 7.96. The van der Waals surface area contributed by atoms with E-state index in [9.17, 15) is 9.59 Å². The Morgan fingerprint density at radius 3 is 2.50 bits per heavy atom. The van der Waals surface area contributed by atoms with Gasteiger partial charge in [0.15, 0.2) is 0 Å². The van der Waals surface area contributed by atoms with E-state index in [2.05, 4.69) is 11.4 Å². The van der Waals surface area contributed by atoms with Crippen LogP contribution in [-0.2, 0) is 16.0 Å². The fourth-order valence-corrected chi connectivity index (χ4v) is 4.49. The molecule has 0 atom stereocenters. The maximum Gasteiger partial charge on any atom is 0.230 e. The van der Waals surface area contributed by atoms with Crippen LogP contribution >= 0.6 is 11.6 Å². The summed E-state index contributed by atoms with van der Waals surface area (Å²) >= 11 is 6.14. The number of rotatable bonds is 3. The summed E-state index contributed by atoms with van der Waals surface area (Å²) < 4.78 is 0. The SMILES string of the molecule is Cc1ccc(NC(=O)C2CCC(C(=O)N3CCc4ccccc43)CC2)cc1Cl. The number of carbonyl (C=O) groups excluding carboxylic acids is 2. The Balaban J connectivity index is 1.33. The number of nitrogens with zero attached hydrogens (tertiary/aromatic N) is 1. The molecule has 2 aromatic rings. The minimum Gasteiger partial charge on any atom is -0.326 e. The van der Waals surface area contributed by atoms with Crippen LogP contribution in [0.25, 0.3) is 0 Å². The Kier molecular flexibility index (Phi) is 5.40. The third-order valence-corrected chi connectivity index (χ3v) is 6.45. The predicted molar refractivity (Wildman–Crippen MR) is 113 cm³/mol. The molecule has 2 amide bonds. The van der Waals surface area contributed by atoms with E-state index >= 15 is 0 Å². The first kappa shape index (κ1) is 19.0. The lowest BCUT2D eigenvalue weighted by atomic mass is 9.81. The third kappa shape index (κ3) is 3.79. The Bertz CT molecular complexity index is 903. The highest BCUT2D eigenvalue weighted by molar-refractivity contribution is 6.31. The molecular weight excluding hydrogens is 372 g/mol. The molecule has 28 heavy (non-hydrogen) atoms. The topological polar surface area (TPSA) is 49.4 Å². The van der Waals surface area contributed by atoms with Crippen LogP contribution in [0.2, 0.25) is 5.02 Å². The van der Waals surface area contributed by atoms with E-state index in [1.807, 2.05) is 42.2 Å². The van der Waals surface area contributed by atoms with Gasteiger partial charge in [-0.05, 0) is 68.4 Å². The van der Waals surface area contributed by atoms with Crippen molar-refractivity contribution in [3.05, 3.63) is 58.6 Å². The maximum absolute atomic E-state index is 13.0. The zero-order valence-electron chi connectivity index (χ0n) is 16.1. The molecule has 1 aliphatic heterocycles. The summed E-state index contributed by atoms with van der Waals surface area (Å²) in [6.07, 6.45) is 3.96. The summed E-state index contributed by atoms with van der Waals surface area (Å²) in [5, 5.41) is 3.62. The van der Waals surface area contributed by atoms with Crippen LogP contribution in [0.5, 0.6) is 0 Å². The molecule has 5 heteroatoms. The number of hydrogen-bond donors (Lipinski definition) is 1. The molecule has 0 bridgehead atoms. The lowest BCUT2D eigenvalue weighted by molar-refractivity contribution is -0.126. The molecule has 0 radical (unpaired) electrons. The van der Waals surface area contributed by atoms with Crippen LogP contribution < -0.4 is 10.2 Å². The second-order valence-electron chi connectivity index (χ2n) is 7.87. The molecule has 0 aromatic heterocycles. The Morgan fingerprint density at radius 2 is 1.75 bits per heavy atom. The van der Waals surface area contributed by atoms with Crippen LogP contribution in [0.3, 0.4) is 0 Å². The van der Waals surface area contributed by atoms with Crippen molar-refractivity contribution in [3.63, 3.8) is 0 Å². The van der Waals surface area contributed by atoms with Gasteiger partial charge in [-0.3, -0.25) is 9.59 Å². The fourth-order valence-electron chi connectivity index (χ4n) is 4.31. The number of halogens is 1. The van der Waals surface area contributed by atoms with Gasteiger partial charge in [0.25, 0.3) is 0 Å². The number of hydrogen-bond acceptors (Lipinski definition) is 2. The Hall–Kier alpha value is -2.33. The van der Waals surface area contributed by atoms with E-state index < -0.39 is 0 Å². The minimum atomic E-state index is -0.0463. The normalized spacial score (nSPS) is 21.3. The van der Waals surface area contributed by atoms with Crippen molar-refractivity contribution in [2.45, 2.75) is 39.0 Å². The van der Waals surface area contributed by atoms with Gasteiger partial charge in [-0.15, -0.1) is 0 Å². The summed E-state index contributed by atoms with van der Waals surface area (Å²) in [4.78, 5) is 27.6. The van der Waals surface area contributed by atoms with Crippen molar-refractivity contribution in [2.24, 2.45) is 11.8 Å². The fraction of sp³-hybridized carbons (Fsp3) is 0.391. The van der Waals surface area contributed by atoms with E-state index in [4.69, 9.17) is 11.6 Å². The first-order chi connectivity index (χ1) is 13.5. The molecule has 0 spiro atoms. The van der Waals surface area contributed by atoms with Crippen LogP contribution in [-0.4, -0.2) is 18.4 Å². The van der Waals surface area contributed by atoms with Crippen molar-refractivity contribution in [1.82, 2.24) is 0 Å². The number of anilines is 2. The largest absolute Gasteiger partial charge is 0.326 e. The smallest absolute Gasteiger partial charge is 0.230 e. The number of para-hydroxylation sites is 1. The highest BCUT2D eigenvalue weighted by Gasteiger charge is 2.34. The van der Waals surface area contributed by atoms with E-state index in [1.165, 1.54) is 5.56 Å². The lowest BCUT2D eigenvalue weighted by Gasteiger charge is -2.30. The molecular formula is C23H25ClN2O2. The van der Waals surface area contributed by atoms with Gasteiger partial charge in [-0.25, -0.2) is 0 Å². The van der Waals surface area contributed by atoms with E-state index in [1.54, 1.807) is 6.07 Å². The molecule has 146 valence electrons. The number of aryl methyl sites for hydroxylation is 1. The van der Waals surface area contributed by atoms with Crippen molar-refractivity contribution >= 4 is 34.8 Å². The van der Waals surface area contributed by atoms with Gasteiger partial charge in [0.2, 0.25) is 11.8 Å². The molecule has 2 aromatic carbocycles. The van der Waals surface area contributed by atoms with Gasteiger partial charge in [0.05, 0.1) is 0 Å². The van der Waals surface area contributed by atoms with Gasteiger partial charge in [0.1, 0.15) is 0 Å². The van der Waals surface area contributed by atoms with Crippen molar-refractivity contribution in [2.75, 3.05) is 16.8 Å². The van der Waals surface area contributed by atoms with Crippen LogP contribution in [0.1, 0.15) is 36.8 Å². The zero-order chi connectivity index (χ0) is 19.7. The average Bonchev–Trinajstić information content (AvgIpc) is 3.14. The van der Waals surface area contributed by atoms with Crippen LogP contribution in [0, 0.1) is 18.8 Å². The first-order valence-corrected chi connectivity index (χ1v) is 10.4. The van der Waals surface area contributed by atoms with Gasteiger partial charge < -0.3 is 10.2 Å². The summed E-state index contributed by atoms with van der Waals surface area (Å²) in [6, 6.07) is 13.7. The van der Waals surface area contributed by atoms with Crippen molar-refractivity contribution < 1.29 is 9.59 Å². The van der Waals surface area contributed by atoms with Crippen molar-refractivity contribution in [3.8, 4) is 0 Å². The summed E-state index contributed by atoms with van der Waals surface area (Å²) in [5.74, 6) is 0.213. The molecule has 0 saturated heterocycles. The van der Waals surface area contributed by atoms with Crippen LogP contribution in [0.15, 0.2) is 42.5 Å². The molecule has 4 rings (SSSR count). The number of fused-ring (bicyclic) bond motifs is 1. The summed E-state index contributed by atoms with van der Waals surface area (Å²) in [7, 11) is 0. The number of nitrogens with one attached hydrogen (secondary N) is 1. The highest BCUT2D eigenvalue weighted by Crippen LogP contribution is 2.35. The molecule has 1 fully saturated rings. The van der Waals surface area contributed by atoms with E-state index in [-0.39, 0.29) is 23.7 Å². The molecule has 1 aliphatic carbocycles. The van der Waals surface area contributed by atoms with Gasteiger partial charge in [-0.1, -0.05) is 35.9 Å². The number of carbonyl (C=O) groups is 2. The number of amides is 2.